The second kappa shape index (κ2) is 10.8. The number of halogens is 4. The van der Waals surface area contributed by atoms with Gasteiger partial charge in [0.25, 0.3) is 0 Å². The molecule has 0 radical (unpaired) electrons. The maximum Gasteiger partial charge on any atom is 0.416 e. The Hall–Kier alpha value is -2.02. The zero-order chi connectivity index (χ0) is 20.9. The zero-order valence-electron chi connectivity index (χ0n) is 16.7. The second-order valence-electron chi connectivity index (χ2n) is 6.60. The average Bonchev–Trinajstić information content (AvgIpc) is 3.14. The molecule has 1 aliphatic heterocycles. The van der Waals surface area contributed by atoms with Gasteiger partial charge in [-0.15, -0.1) is 24.0 Å². The molecule has 0 amide bonds. The summed E-state index contributed by atoms with van der Waals surface area (Å²) in [6.07, 6.45) is -0.706. The van der Waals surface area contributed by atoms with E-state index in [0.717, 1.165) is 23.7 Å². The fourth-order valence-corrected chi connectivity index (χ4v) is 3.05. The summed E-state index contributed by atoms with van der Waals surface area (Å²) < 4.78 is 50.8. The minimum atomic E-state index is -4.35. The number of nitrogens with one attached hydrogen (secondary N) is 1. The molecule has 0 aliphatic carbocycles. The molecule has 166 valence electrons. The molecule has 1 fully saturated rings. The van der Waals surface area contributed by atoms with Crippen LogP contribution in [0.25, 0.3) is 0 Å². The number of ether oxygens (including phenoxy) is 2. The Kier molecular flexibility index (Phi) is 8.77. The van der Waals surface area contributed by atoms with Crippen molar-refractivity contribution in [2.45, 2.75) is 12.3 Å². The van der Waals surface area contributed by atoms with Crippen molar-refractivity contribution in [2.75, 3.05) is 39.9 Å². The maximum absolute atomic E-state index is 12.6. The Balaban J connectivity index is 0.00000320. The van der Waals surface area contributed by atoms with Crippen LogP contribution in [-0.4, -0.2) is 60.5 Å². The van der Waals surface area contributed by atoms with E-state index < -0.39 is 11.7 Å². The van der Waals surface area contributed by atoms with Crippen molar-refractivity contribution in [2.24, 2.45) is 12.0 Å². The van der Waals surface area contributed by atoms with Crippen molar-refractivity contribution in [1.29, 1.82) is 0 Å². The molecule has 1 aliphatic rings. The quantitative estimate of drug-likeness (QED) is 0.274. The molecule has 1 aromatic heterocycles. The van der Waals surface area contributed by atoms with E-state index >= 15 is 0 Å². The van der Waals surface area contributed by atoms with E-state index in [0.29, 0.717) is 38.6 Å². The number of hydrogen-bond acceptors (Lipinski definition) is 4. The summed E-state index contributed by atoms with van der Waals surface area (Å²) in [5.74, 6) is 1.11. The zero-order valence-corrected chi connectivity index (χ0v) is 19.1. The van der Waals surface area contributed by atoms with Gasteiger partial charge in [0.15, 0.2) is 5.96 Å². The van der Waals surface area contributed by atoms with Crippen LogP contribution in [0.4, 0.5) is 13.2 Å². The number of hydrogen-bond donors (Lipinski definition) is 1. The molecule has 11 heteroatoms. The Labute approximate surface area is 190 Å². The van der Waals surface area contributed by atoms with Gasteiger partial charge in [0.2, 0.25) is 0 Å². The molecule has 3 rings (SSSR count). The fraction of sp³-hybridized carbons (Fsp3) is 0.474. The van der Waals surface area contributed by atoms with Crippen molar-refractivity contribution in [3.05, 3.63) is 47.8 Å². The third kappa shape index (κ3) is 6.49. The number of aromatic nitrogens is 2. The summed E-state index contributed by atoms with van der Waals surface area (Å²) in [6.45, 7) is 2.67. The van der Waals surface area contributed by atoms with Gasteiger partial charge in [0.05, 0.1) is 31.5 Å². The molecular formula is C19H25F3IN5O2. The molecule has 1 aromatic carbocycles. The highest BCUT2D eigenvalue weighted by atomic mass is 127. The number of rotatable bonds is 5. The van der Waals surface area contributed by atoms with Gasteiger partial charge >= 0.3 is 6.18 Å². The lowest BCUT2D eigenvalue weighted by atomic mass is 10.1. The van der Waals surface area contributed by atoms with Gasteiger partial charge in [-0.1, -0.05) is 0 Å². The Morgan fingerprint density at radius 3 is 2.67 bits per heavy atom. The third-order valence-electron chi connectivity index (χ3n) is 4.51. The molecule has 0 bridgehead atoms. The molecule has 1 atom stereocenters. The van der Waals surface area contributed by atoms with E-state index in [1.807, 2.05) is 13.2 Å². The smallest absolute Gasteiger partial charge is 0.416 e. The predicted octanol–water partition coefficient (Wildman–Crippen LogP) is 3.08. The van der Waals surface area contributed by atoms with Crippen molar-refractivity contribution < 1.29 is 22.6 Å². The van der Waals surface area contributed by atoms with Gasteiger partial charge in [0, 0.05) is 32.4 Å². The van der Waals surface area contributed by atoms with E-state index in [-0.39, 0.29) is 30.1 Å². The largest absolute Gasteiger partial charge is 0.492 e. The first-order valence-corrected chi connectivity index (χ1v) is 9.22. The molecule has 2 heterocycles. The van der Waals surface area contributed by atoms with E-state index in [1.165, 1.54) is 12.1 Å². The maximum atomic E-state index is 12.6. The number of alkyl halides is 3. The number of nitrogens with zero attached hydrogens (tertiary/aromatic N) is 4. The number of aryl methyl sites for hydroxylation is 1. The lowest BCUT2D eigenvalue weighted by Gasteiger charge is -2.34. The van der Waals surface area contributed by atoms with Crippen molar-refractivity contribution >= 4 is 29.9 Å². The van der Waals surface area contributed by atoms with Gasteiger partial charge in [-0.2, -0.15) is 18.3 Å². The van der Waals surface area contributed by atoms with Gasteiger partial charge in [0.1, 0.15) is 18.5 Å². The molecule has 0 spiro atoms. The van der Waals surface area contributed by atoms with Crippen LogP contribution in [0.15, 0.2) is 41.7 Å². The summed E-state index contributed by atoms with van der Waals surface area (Å²) in [6, 6.07) is 4.65. The minimum absolute atomic E-state index is 0. The van der Waals surface area contributed by atoms with Crippen LogP contribution < -0.4 is 10.1 Å². The van der Waals surface area contributed by atoms with E-state index in [4.69, 9.17) is 9.47 Å². The molecule has 1 N–H and O–H groups in total. The first-order chi connectivity index (χ1) is 13.9. The van der Waals surface area contributed by atoms with Crippen LogP contribution in [0.5, 0.6) is 5.75 Å². The van der Waals surface area contributed by atoms with Crippen LogP contribution in [0.3, 0.4) is 0 Å². The van der Waals surface area contributed by atoms with Crippen LogP contribution in [0, 0.1) is 0 Å². The topological polar surface area (TPSA) is 63.9 Å². The van der Waals surface area contributed by atoms with E-state index in [9.17, 15) is 13.2 Å². The second-order valence-corrected chi connectivity index (χ2v) is 6.60. The summed E-state index contributed by atoms with van der Waals surface area (Å²) in [7, 11) is 3.56. The predicted molar refractivity (Wildman–Crippen MR) is 117 cm³/mol. The van der Waals surface area contributed by atoms with Crippen LogP contribution in [-0.2, 0) is 18.0 Å². The third-order valence-corrected chi connectivity index (χ3v) is 4.51. The molecule has 2 aromatic rings. The average molecular weight is 539 g/mol. The molecule has 1 saturated heterocycles. The lowest BCUT2D eigenvalue weighted by Crippen LogP contribution is -2.48. The van der Waals surface area contributed by atoms with Crippen LogP contribution in [0.2, 0.25) is 0 Å². The summed E-state index contributed by atoms with van der Waals surface area (Å²) in [5, 5.41) is 7.40. The Bertz CT molecular complexity index is 826. The normalized spacial score (nSPS) is 17.4. The summed E-state index contributed by atoms with van der Waals surface area (Å²) >= 11 is 0. The van der Waals surface area contributed by atoms with Crippen LogP contribution in [0.1, 0.15) is 17.2 Å². The highest BCUT2D eigenvalue weighted by molar-refractivity contribution is 14.0. The number of guanidine groups is 1. The number of morpholine rings is 1. The van der Waals surface area contributed by atoms with E-state index in [2.05, 4.69) is 20.3 Å². The summed E-state index contributed by atoms with van der Waals surface area (Å²) in [4.78, 5) is 6.40. The first kappa shape index (κ1) is 24.3. The fourth-order valence-electron chi connectivity index (χ4n) is 3.05. The standard InChI is InChI=1S/C19H24F3N5O2.HI/c1-23-18(27-8-10-29-17(13-27)14-11-25-26(2)12-14)24-7-9-28-16-5-3-15(4-6-16)19(20,21)22;/h3-6,11-12,17H,7-10,13H2,1-2H3,(H,23,24);1H. The molecule has 7 nitrogen and oxygen atoms in total. The Morgan fingerprint density at radius 1 is 1.33 bits per heavy atom. The number of benzene rings is 1. The van der Waals surface area contributed by atoms with E-state index in [1.54, 1.807) is 17.9 Å². The van der Waals surface area contributed by atoms with Crippen molar-refractivity contribution in [3.8, 4) is 5.75 Å². The minimum Gasteiger partial charge on any atom is -0.492 e. The number of aliphatic imine (C=N–C) groups is 1. The van der Waals surface area contributed by atoms with Crippen molar-refractivity contribution in [3.63, 3.8) is 0 Å². The molecule has 0 saturated carbocycles. The highest BCUT2D eigenvalue weighted by Crippen LogP contribution is 2.30. The Morgan fingerprint density at radius 2 is 2.07 bits per heavy atom. The molecule has 1 unspecified atom stereocenters. The first-order valence-electron chi connectivity index (χ1n) is 9.22. The van der Waals surface area contributed by atoms with Gasteiger partial charge < -0.3 is 19.7 Å². The highest BCUT2D eigenvalue weighted by Gasteiger charge is 2.30. The van der Waals surface area contributed by atoms with Gasteiger partial charge in [-0.25, -0.2) is 0 Å². The SMILES string of the molecule is CN=C(NCCOc1ccc(C(F)(F)F)cc1)N1CCOC(c2cnn(C)c2)C1.I. The van der Waals surface area contributed by atoms with Gasteiger partial charge in [-0.05, 0) is 24.3 Å². The monoisotopic (exact) mass is 539 g/mol. The van der Waals surface area contributed by atoms with Crippen LogP contribution >= 0.6 is 24.0 Å². The molecular weight excluding hydrogens is 514 g/mol. The van der Waals surface area contributed by atoms with Crippen molar-refractivity contribution in [1.82, 2.24) is 20.0 Å². The molecule has 30 heavy (non-hydrogen) atoms. The lowest BCUT2D eigenvalue weighted by molar-refractivity contribution is -0.137. The van der Waals surface area contributed by atoms with Gasteiger partial charge in [-0.3, -0.25) is 9.67 Å². The summed E-state index contributed by atoms with van der Waals surface area (Å²) in [5.41, 5.74) is 0.317.